The molecule has 114 valence electrons. The van der Waals surface area contributed by atoms with Gasteiger partial charge in [0.2, 0.25) is 0 Å². The van der Waals surface area contributed by atoms with E-state index in [2.05, 4.69) is 20.8 Å². The molecule has 2 saturated carbocycles. The predicted molar refractivity (Wildman–Crippen MR) is 84.3 cm³/mol. The predicted octanol–water partition coefficient (Wildman–Crippen LogP) is 4.29. The van der Waals surface area contributed by atoms with E-state index in [1.807, 2.05) is 0 Å². The van der Waals surface area contributed by atoms with Gasteiger partial charge in [0.05, 0.1) is 5.56 Å². The number of carbonyl (C=O) groups excluding carboxylic acids is 1. The van der Waals surface area contributed by atoms with E-state index in [4.69, 9.17) is 22.1 Å². The molecule has 1 aromatic carbocycles. The van der Waals surface area contributed by atoms with Gasteiger partial charge in [-0.05, 0) is 48.8 Å². The topological polar surface area (TPSA) is 52.3 Å². The Bertz CT molecular complexity index is 578. The maximum Gasteiger partial charge on any atom is 0.338 e. The number of nitrogen functional groups attached to an aromatic ring is 1. The Morgan fingerprint density at radius 1 is 1.33 bits per heavy atom. The first-order valence-corrected chi connectivity index (χ1v) is 7.89. The van der Waals surface area contributed by atoms with Gasteiger partial charge in [-0.25, -0.2) is 4.79 Å². The van der Waals surface area contributed by atoms with Crippen LogP contribution in [-0.4, -0.2) is 12.1 Å². The minimum absolute atomic E-state index is 0.0149. The normalized spacial score (nSPS) is 33.1. The average Bonchev–Trinajstić information content (AvgIpc) is 2.70. The van der Waals surface area contributed by atoms with Crippen LogP contribution in [0, 0.1) is 16.7 Å². The Hall–Kier alpha value is -1.22. The van der Waals surface area contributed by atoms with Crippen molar-refractivity contribution in [1.29, 1.82) is 0 Å². The molecule has 0 amide bonds. The molecule has 3 rings (SSSR count). The number of anilines is 1. The molecule has 21 heavy (non-hydrogen) atoms. The molecule has 2 bridgehead atoms. The third-order valence-electron chi connectivity index (χ3n) is 6.12. The van der Waals surface area contributed by atoms with E-state index in [1.54, 1.807) is 18.2 Å². The van der Waals surface area contributed by atoms with Gasteiger partial charge in [-0.1, -0.05) is 32.4 Å². The van der Waals surface area contributed by atoms with E-state index in [0.717, 1.165) is 12.8 Å². The summed E-state index contributed by atoms with van der Waals surface area (Å²) in [6, 6.07) is 4.86. The lowest BCUT2D eigenvalue weighted by Crippen LogP contribution is -2.38. The van der Waals surface area contributed by atoms with Crippen molar-refractivity contribution < 1.29 is 9.53 Å². The second-order valence-corrected chi connectivity index (χ2v) is 7.71. The third-order valence-corrected chi connectivity index (χ3v) is 6.34. The van der Waals surface area contributed by atoms with Crippen LogP contribution in [0.4, 0.5) is 5.69 Å². The average molecular weight is 308 g/mol. The fraction of sp³-hybridized carbons (Fsp3) is 0.588. The molecule has 3 nitrogen and oxygen atoms in total. The van der Waals surface area contributed by atoms with Crippen LogP contribution in [0.2, 0.25) is 5.02 Å². The Morgan fingerprint density at radius 2 is 2.05 bits per heavy atom. The van der Waals surface area contributed by atoms with Crippen LogP contribution in [0.5, 0.6) is 0 Å². The van der Waals surface area contributed by atoms with E-state index in [9.17, 15) is 4.79 Å². The van der Waals surface area contributed by atoms with E-state index >= 15 is 0 Å². The first kappa shape index (κ1) is 14.7. The summed E-state index contributed by atoms with van der Waals surface area (Å²) in [6.45, 7) is 6.86. The summed E-state index contributed by atoms with van der Waals surface area (Å²) >= 11 is 5.96. The lowest BCUT2D eigenvalue weighted by molar-refractivity contribution is -0.0242. The molecule has 0 saturated heterocycles. The van der Waals surface area contributed by atoms with Crippen LogP contribution in [0.15, 0.2) is 18.2 Å². The molecule has 3 atom stereocenters. The third kappa shape index (κ3) is 2.13. The van der Waals surface area contributed by atoms with Gasteiger partial charge in [-0.15, -0.1) is 0 Å². The zero-order valence-corrected chi connectivity index (χ0v) is 13.5. The molecule has 1 aromatic rings. The Kier molecular flexibility index (Phi) is 3.25. The minimum atomic E-state index is -0.321. The van der Waals surface area contributed by atoms with Crippen molar-refractivity contribution in [2.45, 2.75) is 46.1 Å². The smallest absolute Gasteiger partial charge is 0.338 e. The van der Waals surface area contributed by atoms with Crippen molar-refractivity contribution in [3.05, 3.63) is 28.8 Å². The van der Waals surface area contributed by atoms with Crippen molar-refractivity contribution in [3.8, 4) is 0 Å². The summed E-state index contributed by atoms with van der Waals surface area (Å²) in [7, 11) is 0. The Labute approximate surface area is 130 Å². The van der Waals surface area contributed by atoms with Gasteiger partial charge in [0, 0.05) is 16.1 Å². The molecule has 0 aromatic heterocycles. The fourth-order valence-corrected chi connectivity index (χ4v) is 4.48. The van der Waals surface area contributed by atoms with Gasteiger partial charge in [-0.2, -0.15) is 0 Å². The number of esters is 1. The molecule has 3 unspecified atom stereocenters. The molecule has 0 radical (unpaired) electrons. The molecular weight excluding hydrogens is 286 g/mol. The fourth-order valence-electron chi connectivity index (χ4n) is 4.24. The van der Waals surface area contributed by atoms with Crippen molar-refractivity contribution in [2.24, 2.45) is 16.7 Å². The van der Waals surface area contributed by atoms with E-state index in [0.29, 0.717) is 22.2 Å². The molecule has 2 aliphatic rings. The number of benzene rings is 1. The largest absolute Gasteiger partial charge is 0.458 e. The van der Waals surface area contributed by atoms with Gasteiger partial charge in [-0.3, -0.25) is 0 Å². The monoisotopic (exact) mass is 307 g/mol. The highest BCUT2D eigenvalue weighted by Gasteiger charge is 2.62. The number of rotatable bonds is 2. The van der Waals surface area contributed by atoms with Crippen molar-refractivity contribution in [1.82, 2.24) is 0 Å². The Morgan fingerprint density at radius 3 is 2.57 bits per heavy atom. The zero-order chi connectivity index (χ0) is 15.4. The number of hydrogen-bond donors (Lipinski definition) is 1. The summed E-state index contributed by atoms with van der Waals surface area (Å²) in [6.07, 6.45) is 3.31. The number of ether oxygens (including phenoxy) is 1. The van der Waals surface area contributed by atoms with Crippen molar-refractivity contribution >= 4 is 23.3 Å². The zero-order valence-electron chi connectivity index (χ0n) is 12.8. The van der Waals surface area contributed by atoms with Gasteiger partial charge >= 0.3 is 5.97 Å². The van der Waals surface area contributed by atoms with Crippen LogP contribution >= 0.6 is 11.6 Å². The van der Waals surface area contributed by atoms with Crippen LogP contribution in [-0.2, 0) is 4.74 Å². The molecular formula is C17H22ClNO2. The summed E-state index contributed by atoms with van der Waals surface area (Å²) in [5.41, 5.74) is 6.95. The van der Waals surface area contributed by atoms with Crippen LogP contribution in [0.25, 0.3) is 0 Å². The Balaban J connectivity index is 1.80. The van der Waals surface area contributed by atoms with E-state index in [-0.39, 0.29) is 22.9 Å². The van der Waals surface area contributed by atoms with Crippen LogP contribution in [0.3, 0.4) is 0 Å². The van der Waals surface area contributed by atoms with Gasteiger partial charge < -0.3 is 10.5 Å². The van der Waals surface area contributed by atoms with Gasteiger partial charge in [0.15, 0.2) is 0 Å². The summed E-state index contributed by atoms with van der Waals surface area (Å²) in [5.74, 6) is 0.323. The first-order valence-electron chi connectivity index (χ1n) is 7.51. The summed E-state index contributed by atoms with van der Waals surface area (Å²) in [5, 5.41) is 0.460. The van der Waals surface area contributed by atoms with Gasteiger partial charge in [0.1, 0.15) is 6.10 Å². The lowest BCUT2D eigenvalue weighted by atomic mass is 9.70. The molecule has 2 fully saturated rings. The standard InChI is InChI=1S/C17H22ClNO2/c1-16(2)11-4-5-17(16,3)14(8-11)21-15(20)10-6-12(18)9-13(19)7-10/h6-7,9,11,14H,4-5,8,19H2,1-3H3. The number of halogens is 1. The number of hydrogen-bond acceptors (Lipinski definition) is 3. The highest BCUT2D eigenvalue weighted by atomic mass is 35.5. The summed E-state index contributed by atoms with van der Waals surface area (Å²) in [4.78, 5) is 12.4. The van der Waals surface area contributed by atoms with Crippen LogP contribution < -0.4 is 5.73 Å². The quantitative estimate of drug-likeness (QED) is 0.655. The number of carbonyl (C=O) groups is 1. The lowest BCUT2D eigenvalue weighted by Gasteiger charge is -2.38. The number of fused-ring (bicyclic) bond motifs is 2. The second kappa shape index (κ2) is 4.64. The van der Waals surface area contributed by atoms with E-state index in [1.165, 1.54) is 6.42 Å². The second-order valence-electron chi connectivity index (χ2n) is 7.28. The minimum Gasteiger partial charge on any atom is -0.458 e. The molecule has 0 aliphatic heterocycles. The molecule has 2 aliphatic carbocycles. The first-order chi connectivity index (χ1) is 9.74. The van der Waals surface area contributed by atoms with Crippen molar-refractivity contribution in [3.63, 3.8) is 0 Å². The molecule has 4 heteroatoms. The molecule has 2 N–H and O–H groups in total. The highest BCUT2D eigenvalue weighted by Crippen LogP contribution is 2.66. The molecule has 0 spiro atoms. The summed E-state index contributed by atoms with van der Waals surface area (Å²) < 4.78 is 5.83. The maximum absolute atomic E-state index is 12.4. The highest BCUT2D eigenvalue weighted by molar-refractivity contribution is 6.31. The van der Waals surface area contributed by atoms with Crippen molar-refractivity contribution in [2.75, 3.05) is 5.73 Å². The van der Waals surface area contributed by atoms with Gasteiger partial charge in [0.25, 0.3) is 0 Å². The molecule has 0 heterocycles. The SMILES string of the molecule is CC1(C)C2CCC1(C)C(OC(=O)c1cc(N)cc(Cl)c1)C2. The number of nitrogens with two attached hydrogens (primary N) is 1. The maximum atomic E-state index is 12.4. The van der Waals surface area contributed by atoms with Crippen LogP contribution in [0.1, 0.15) is 50.4 Å². The van der Waals surface area contributed by atoms with E-state index < -0.39 is 0 Å².